The molecule has 16 heavy (non-hydrogen) atoms. The number of rotatable bonds is 2. The number of carbonyl (C=O) groups is 1. The van der Waals surface area contributed by atoms with Crippen LogP contribution in [0.3, 0.4) is 0 Å². The molecule has 0 amide bonds. The normalized spacial score (nSPS) is 10.4. The summed E-state index contributed by atoms with van der Waals surface area (Å²) in [6.07, 6.45) is 1.20. The molecule has 0 spiro atoms. The van der Waals surface area contributed by atoms with Gasteiger partial charge in [-0.25, -0.2) is 8.78 Å². The van der Waals surface area contributed by atoms with E-state index in [0.29, 0.717) is 0 Å². The van der Waals surface area contributed by atoms with Crippen molar-refractivity contribution >= 4 is 17.4 Å². The van der Waals surface area contributed by atoms with E-state index in [1.807, 2.05) is 0 Å². The fourth-order valence-electron chi connectivity index (χ4n) is 1.28. The van der Waals surface area contributed by atoms with Gasteiger partial charge in [0.1, 0.15) is 0 Å². The summed E-state index contributed by atoms with van der Waals surface area (Å²) in [5, 5.41) is -0.145. The highest BCUT2D eigenvalue weighted by Crippen LogP contribution is 2.22. The summed E-state index contributed by atoms with van der Waals surface area (Å²) in [7, 11) is 0. The zero-order valence-corrected chi connectivity index (χ0v) is 8.59. The van der Waals surface area contributed by atoms with Gasteiger partial charge in [0, 0.05) is 0 Å². The number of halogens is 3. The number of hydrogen-bond acceptors (Lipinski definition) is 2. The molecule has 2 nitrogen and oxygen atoms in total. The Bertz CT molecular complexity index is 549. The molecule has 0 bridgehead atoms. The van der Waals surface area contributed by atoms with Crippen LogP contribution in [-0.4, -0.2) is 5.78 Å². The van der Waals surface area contributed by atoms with Crippen molar-refractivity contribution in [2.24, 2.45) is 0 Å². The van der Waals surface area contributed by atoms with Crippen molar-refractivity contribution in [1.82, 2.24) is 0 Å². The summed E-state index contributed by atoms with van der Waals surface area (Å²) in [6, 6.07) is 4.67. The maximum atomic E-state index is 13.3. The minimum absolute atomic E-state index is 0.00571. The van der Waals surface area contributed by atoms with E-state index in [1.54, 1.807) is 0 Å². The number of carbonyl (C=O) groups excluding carboxylic acids is 1. The third-order valence-electron chi connectivity index (χ3n) is 2.06. The van der Waals surface area contributed by atoms with Gasteiger partial charge >= 0.3 is 0 Å². The van der Waals surface area contributed by atoms with Crippen molar-refractivity contribution in [3.8, 4) is 0 Å². The molecule has 1 aromatic heterocycles. The van der Waals surface area contributed by atoms with E-state index in [2.05, 4.69) is 0 Å². The molecule has 0 radical (unpaired) electrons. The van der Waals surface area contributed by atoms with E-state index in [0.717, 1.165) is 6.07 Å². The second-order valence-electron chi connectivity index (χ2n) is 3.04. The fraction of sp³-hybridized carbons (Fsp3) is 0. The molecule has 0 saturated carbocycles. The van der Waals surface area contributed by atoms with Crippen LogP contribution in [0.4, 0.5) is 8.78 Å². The van der Waals surface area contributed by atoms with Crippen LogP contribution in [0.15, 0.2) is 34.9 Å². The number of ketones is 1. The minimum Gasteiger partial charge on any atom is -0.452 e. The summed E-state index contributed by atoms with van der Waals surface area (Å²) in [5.41, 5.74) is -0.366. The van der Waals surface area contributed by atoms with Crippen LogP contribution in [0.2, 0.25) is 5.22 Å². The number of furan rings is 1. The first-order chi connectivity index (χ1) is 7.61. The Morgan fingerprint density at radius 1 is 1.19 bits per heavy atom. The van der Waals surface area contributed by atoms with Gasteiger partial charge in [0.05, 0.1) is 17.4 Å². The zero-order chi connectivity index (χ0) is 11.7. The monoisotopic (exact) mass is 242 g/mol. The van der Waals surface area contributed by atoms with Gasteiger partial charge in [-0.15, -0.1) is 0 Å². The lowest BCUT2D eigenvalue weighted by Gasteiger charge is -2.01. The molecule has 0 fully saturated rings. The Hall–Kier alpha value is -1.68. The maximum absolute atomic E-state index is 13.3. The van der Waals surface area contributed by atoms with Gasteiger partial charge in [-0.2, -0.15) is 0 Å². The lowest BCUT2D eigenvalue weighted by atomic mass is 10.1. The van der Waals surface area contributed by atoms with Crippen LogP contribution in [0, 0.1) is 11.6 Å². The Morgan fingerprint density at radius 2 is 1.94 bits per heavy atom. The summed E-state index contributed by atoms with van der Waals surface area (Å²) in [6.45, 7) is 0. The number of benzene rings is 1. The third kappa shape index (κ3) is 1.72. The molecule has 0 unspecified atom stereocenters. The predicted molar refractivity (Wildman–Crippen MR) is 53.5 cm³/mol. The Morgan fingerprint density at radius 3 is 2.56 bits per heavy atom. The molecule has 5 heteroatoms. The Labute approximate surface area is 94.4 Å². The van der Waals surface area contributed by atoms with E-state index in [4.69, 9.17) is 16.0 Å². The number of hydrogen-bond donors (Lipinski definition) is 0. The Balaban J connectivity index is 2.50. The first-order valence-electron chi connectivity index (χ1n) is 4.33. The van der Waals surface area contributed by atoms with Gasteiger partial charge in [-0.3, -0.25) is 4.79 Å². The van der Waals surface area contributed by atoms with Gasteiger partial charge in [0.15, 0.2) is 11.6 Å². The van der Waals surface area contributed by atoms with E-state index in [-0.39, 0.29) is 16.3 Å². The van der Waals surface area contributed by atoms with Crippen molar-refractivity contribution in [3.63, 3.8) is 0 Å². The first kappa shape index (κ1) is 10.8. The summed E-state index contributed by atoms with van der Waals surface area (Å²) >= 11 is 5.57. The van der Waals surface area contributed by atoms with E-state index >= 15 is 0 Å². The maximum Gasteiger partial charge on any atom is 0.204 e. The van der Waals surface area contributed by atoms with Crippen LogP contribution in [0.25, 0.3) is 0 Å². The second-order valence-corrected chi connectivity index (χ2v) is 3.38. The SMILES string of the molecule is O=C(c1ccoc1Cl)c1cccc(F)c1F. The highest BCUT2D eigenvalue weighted by atomic mass is 35.5. The zero-order valence-electron chi connectivity index (χ0n) is 7.84. The molecule has 0 aliphatic carbocycles. The topological polar surface area (TPSA) is 30.2 Å². The average Bonchev–Trinajstić information content (AvgIpc) is 2.68. The summed E-state index contributed by atoms with van der Waals surface area (Å²) in [5.74, 6) is -2.98. The first-order valence-corrected chi connectivity index (χ1v) is 4.70. The van der Waals surface area contributed by atoms with Crippen molar-refractivity contribution < 1.29 is 18.0 Å². The van der Waals surface area contributed by atoms with Gasteiger partial charge in [0.2, 0.25) is 11.0 Å². The minimum atomic E-state index is -1.19. The highest BCUT2D eigenvalue weighted by molar-refractivity contribution is 6.33. The predicted octanol–water partition coefficient (Wildman–Crippen LogP) is 3.44. The van der Waals surface area contributed by atoms with Crippen LogP contribution in [-0.2, 0) is 0 Å². The van der Waals surface area contributed by atoms with E-state index in [9.17, 15) is 13.6 Å². The second kappa shape index (κ2) is 4.06. The lowest BCUT2D eigenvalue weighted by molar-refractivity contribution is 0.103. The third-order valence-corrected chi connectivity index (χ3v) is 2.35. The molecule has 1 heterocycles. The molecule has 0 atom stereocenters. The molecule has 1 aromatic carbocycles. The molecule has 0 aliphatic rings. The van der Waals surface area contributed by atoms with Gasteiger partial charge in [0.25, 0.3) is 0 Å². The molecular formula is C11H5ClF2O2. The highest BCUT2D eigenvalue weighted by Gasteiger charge is 2.20. The molecule has 0 aliphatic heterocycles. The largest absolute Gasteiger partial charge is 0.452 e. The van der Waals surface area contributed by atoms with Crippen LogP contribution >= 0.6 is 11.6 Å². The van der Waals surface area contributed by atoms with Crippen LogP contribution in [0.5, 0.6) is 0 Å². The van der Waals surface area contributed by atoms with Crippen molar-refractivity contribution in [2.45, 2.75) is 0 Å². The van der Waals surface area contributed by atoms with Crippen molar-refractivity contribution in [1.29, 1.82) is 0 Å². The molecule has 82 valence electrons. The lowest BCUT2D eigenvalue weighted by Crippen LogP contribution is -2.05. The average molecular weight is 243 g/mol. The van der Waals surface area contributed by atoms with Gasteiger partial charge in [-0.1, -0.05) is 6.07 Å². The standard InChI is InChI=1S/C11H5ClF2O2/c12-11-7(4-5-16-11)10(15)6-2-1-3-8(13)9(6)14/h1-5H. The molecule has 2 aromatic rings. The molecule has 0 saturated heterocycles. The fourth-order valence-corrected chi connectivity index (χ4v) is 1.48. The molecule has 0 N–H and O–H groups in total. The smallest absolute Gasteiger partial charge is 0.204 e. The van der Waals surface area contributed by atoms with Crippen molar-refractivity contribution in [3.05, 3.63) is 58.5 Å². The van der Waals surface area contributed by atoms with Gasteiger partial charge < -0.3 is 4.42 Å². The summed E-state index contributed by atoms with van der Waals surface area (Å²) in [4.78, 5) is 11.8. The van der Waals surface area contributed by atoms with Crippen LogP contribution < -0.4 is 0 Å². The quantitative estimate of drug-likeness (QED) is 0.755. The summed E-state index contributed by atoms with van der Waals surface area (Å²) < 4.78 is 30.9. The van der Waals surface area contributed by atoms with Gasteiger partial charge in [-0.05, 0) is 29.8 Å². The molecule has 2 rings (SSSR count). The Kier molecular flexibility index (Phi) is 2.75. The van der Waals surface area contributed by atoms with Crippen LogP contribution in [0.1, 0.15) is 15.9 Å². The van der Waals surface area contributed by atoms with Crippen molar-refractivity contribution in [2.75, 3.05) is 0 Å². The molecular weight excluding hydrogens is 238 g/mol. The van der Waals surface area contributed by atoms with E-state index in [1.165, 1.54) is 24.5 Å². The van der Waals surface area contributed by atoms with E-state index < -0.39 is 17.4 Å².